The summed E-state index contributed by atoms with van der Waals surface area (Å²) in [6.07, 6.45) is 4.31. The van der Waals surface area contributed by atoms with Crippen LogP contribution >= 0.6 is 0 Å². The number of nitrogens with zero attached hydrogens (tertiary/aromatic N) is 4. The standard InChI is InChI=1S/C14H20N4O3/c1-3-5-9-17(10-6-4-2)11-7-8-12(18(19)20)14-13(11)15-21-16-14/h7-8H,3-6,9-10H2,1-2H3. The molecular formula is C14H20N4O3. The van der Waals surface area contributed by atoms with Crippen LogP contribution in [0.2, 0.25) is 0 Å². The van der Waals surface area contributed by atoms with Gasteiger partial charge in [-0.15, -0.1) is 0 Å². The molecule has 21 heavy (non-hydrogen) atoms. The maximum absolute atomic E-state index is 11.0. The van der Waals surface area contributed by atoms with Gasteiger partial charge in [-0.1, -0.05) is 26.7 Å². The number of anilines is 1. The van der Waals surface area contributed by atoms with Crippen LogP contribution in [0.1, 0.15) is 39.5 Å². The number of nitro benzene ring substituents is 1. The predicted molar refractivity (Wildman–Crippen MR) is 80.5 cm³/mol. The summed E-state index contributed by atoms with van der Waals surface area (Å²) in [4.78, 5) is 12.8. The Morgan fingerprint density at radius 3 is 2.33 bits per heavy atom. The normalized spacial score (nSPS) is 11.0. The SMILES string of the molecule is CCCCN(CCCC)c1ccc([N+](=O)[O-])c2nonc12. The van der Waals surface area contributed by atoms with Crippen molar-refractivity contribution >= 4 is 22.4 Å². The number of nitro groups is 1. The average molecular weight is 292 g/mol. The number of hydrogen-bond donors (Lipinski definition) is 0. The van der Waals surface area contributed by atoms with Crippen LogP contribution in [-0.4, -0.2) is 28.3 Å². The highest BCUT2D eigenvalue weighted by molar-refractivity contribution is 5.93. The first-order valence-corrected chi connectivity index (χ1v) is 7.33. The number of fused-ring (bicyclic) bond motifs is 1. The second-order valence-electron chi connectivity index (χ2n) is 5.02. The van der Waals surface area contributed by atoms with Gasteiger partial charge in [-0.2, -0.15) is 0 Å². The van der Waals surface area contributed by atoms with E-state index in [0.29, 0.717) is 5.52 Å². The molecule has 7 nitrogen and oxygen atoms in total. The molecule has 0 spiro atoms. The molecule has 2 aromatic rings. The molecule has 0 bridgehead atoms. The summed E-state index contributed by atoms with van der Waals surface area (Å²) in [5, 5.41) is 18.6. The third-order valence-corrected chi connectivity index (χ3v) is 3.47. The second kappa shape index (κ2) is 7.01. The van der Waals surface area contributed by atoms with Crippen LogP contribution in [0.5, 0.6) is 0 Å². The molecule has 0 aliphatic rings. The Balaban J connectivity index is 2.40. The zero-order valence-electron chi connectivity index (χ0n) is 12.4. The Morgan fingerprint density at radius 2 is 1.76 bits per heavy atom. The number of unbranched alkanes of at least 4 members (excludes halogenated alkanes) is 2. The molecule has 0 atom stereocenters. The van der Waals surface area contributed by atoms with Gasteiger partial charge in [0, 0.05) is 19.2 Å². The van der Waals surface area contributed by atoms with Gasteiger partial charge in [0.1, 0.15) is 0 Å². The number of aromatic nitrogens is 2. The Bertz CT molecular complexity index is 603. The summed E-state index contributed by atoms with van der Waals surface area (Å²) in [7, 11) is 0. The summed E-state index contributed by atoms with van der Waals surface area (Å²) in [6.45, 7) is 6.08. The minimum Gasteiger partial charge on any atom is -0.370 e. The first-order chi connectivity index (χ1) is 10.2. The minimum atomic E-state index is -0.460. The third-order valence-electron chi connectivity index (χ3n) is 3.47. The molecule has 0 N–H and O–H groups in total. The molecule has 114 valence electrons. The lowest BCUT2D eigenvalue weighted by Crippen LogP contribution is -2.25. The Morgan fingerprint density at radius 1 is 1.14 bits per heavy atom. The predicted octanol–water partition coefficient (Wildman–Crippen LogP) is 3.54. The van der Waals surface area contributed by atoms with Gasteiger partial charge in [0.05, 0.1) is 10.6 Å². The summed E-state index contributed by atoms with van der Waals surface area (Å²) in [5.74, 6) is 0. The molecule has 0 radical (unpaired) electrons. The molecule has 7 heteroatoms. The Kier molecular flexibility index (Phi) is 5.08. The second-order valence-corrected chi connectivity index (χ2v) is 5.02. The fourth-order valence-corrected chi connectivity index (χ4v) is 2.29. The fraction of sp³-hybridized carbons (Fsp3) is 0.571. The van der Waals surface area contributed by atoms with E-state index in [1.54, 1.807) is 6.07 Å². The van der Waals surface area contributed by atoms with Crippen molar-refractivity contribution in [2.45, 2.75) is 39.5 Å². The fourth-order valence-electron chi connectivity index (χ4n) is 2.29. The molecule has 0 amide bonds. The lowest BCUT2D eigenvalue weighted by atomic mass is 10.2. The van der Waals surface area contributed by atoms with E-state index < -0.39 is 4.92 Å². The molecule has 2 rings (SSSR count). The van der Waals surface area contributed by atoms with Crippen LogP contribution in [0, 0.1) is 10.1 Å². The van der Waals surface area contributed by atoms with Crippen LogP contribution in [-0.2, 0) is 0 Å². The van der Waals surface area contributed by atoms with Gasteiger partial charge in [-0.05, 0) is 29.2 Å². The van der Waals surface area contributed by atoms with Gasteiger partial charge in [0.2, 0.25) is 5.52 Å². The average Bonchev–Trinajstić information content (AvgIpc) is 2.96. The van der Waals surface area contributed by atoms with Gasteiger partial charge in [0.25, 0.3) is 0 Å². The third kappa shape index (κ3) is 3.29. The minimum absolute atomic E-state index is 0.0686. The van der Waals surface area contributed by atoms with Crippen LogP contribution in [0.3, 0.4) is 0 Å². The summed E-state index contributed by atoms with van der Waals surface area (Å²) < 4.78 is 4.72. The van der Waals surface area contributed by atoms with Crippen molar-refractivity contribution in [2.75, 3.05) is 18.0 Å². The van der Waals surface area contributed by atoms with E-state index in [-0.39, 0.29) is 11.2 Å². The molecule has 0 saturated carbocycles. The highest BCUT2D eigenvalue weighted by Gasteiger charge is 2.22. The van der Waals surface area contributed by atoms with Crippen molar-refractivity contribution in [3.05, 3.63) is 22.2 Å². The molecule has 0 fully saturated rings. The summed E-state index contributed by atoms with van der Waals surface area (Å²) in [5.41, 5.74) is 1.48. The van der Waals surface area contributed by atoms with Crippen molar-refractivity contribution in [1.29, 1.82) is 0 Å². The van der Waals surface area contributed by atoms with E-state index in [4.69, 9.17) is 4.63 Å². The highest BCUT2D eigenvalue weighted by Crippen LogP contribution is 2.31. The quantitative estimate of drug-likeness (QED) is 0.546. The lowest BCUT2D eigenvalue weighted by molar-refractivity contribution is -0.383. The van der Waals surface area contributed by atoms with Crippen molar-refractivity contribution in [3.8, 4) is 0 Å². The molecule has 1 aromatic heterocycles. The van der Waals surface area contributed by atoms with Crippen molar-refractivity contribution in [3.63, 3.8) is 0 Å². The monoisotopic (exact) mass is 292 g/mol. The van der Waals surface area contributed by atoms with E-state index in [0.717, 1.165) is 44.5 Å². The maximum atomic E-state index is 11.0. The van der Waals surface area contributed by atoms with Crippen LogP contribution in [0.25, 0.3) is 11.0 Å². The van der Waals surface area contributed by atoms with Crippen LogP contribution in [0.4, 0.5) is 11.4 Å². The summed E-state index contributed by atoms with van der Waals surface area (Å²) >= 11 is 0. The molecule has 1 aromatic carbocycles. The highest BCUT2D eigenvalue weighted by atomic mass is 16.6. The zero-order chi connectivity index (χ0) is 15.2. The molecule has 0 saturated heterocycles. The molecule has 0 aliphatic carbocycles. The van der Waals surface area contributed by atoms with E-state index in [9.17, 15) is 10.1 Å². The van der Waals surface area contributed by atoms with Gasteiger partial charge >= 0.3 is 5.69 Å². The van der Waals surface area contributed by atoms with E-state index >= 15 is 0 Å². The van der Waals surface area contributed by atoms with Crippen molar-refractivity contribution in [1.82, 2.24) is 10.3 Å². The van der Waals surface area contributed by atoms with Crippen molar-refractivity contribution < 1.29 is 9.55 Å². The molecular weight excluding hydrogens is 272 g/mol. The topological polar surface area (TPSA) is 85.3 Å². The molecule has 1 heterocycles. The number of hydrogen-bond acceptors (Lipinski definition) is 6. The number of benzene rings is 1. The van der Waals surface area contributed by atoms with Gasteiger partial charge in [-0.25, -0.2) is 4.63 Å². The van der Waals surface area contributed by atoms with Gasteiger partial charge in [-0.3, -0.25) is 10.1 Å². The smallest absolute Gasteiger partial charge is 0.300 e. The first-order valence-electron chi connectivity index (χ1n) is 7.33. The Labute approximate surface area is 123 Å². The lowest BCUT2D eigenvalue weighted by Gasteiger charge is -2.24. The number of non-ortho nitro benzene ring substituents is 1. The van der Waals surface area contributed by atoms with Gasteiger partial charge in [0.15, 0.2) is 5.52 Å². The van der Waals surface area contributed by atoms with E-state index in [1.807, 2.05) is 0 Å². The van der Waals surface area contributed by atoms with Crippen LogP contribution in [0.15, 0.2) is 16.8 Å². The van der Waals surface area contributed by atoms with E-state index in [2.05, 4.69) is 29.1 Å². The summed E-state index contributed by atoms with van der Waals surface area (Å²) in [6, 6.07) is 3.22. The maximum Gasteiger partial charge on any atom is 0.300 e. The van der Waals surface area contributed by atoms with Gasteiger partial charge < -0.3 is 4.90 Å². The number of rotatable bonds is 8. The molecule has 0 unspecified atom stereocenters. The molecule has 0 aliphatic heterocycles. The Hall–Kier alpha value is -2.18. The van der Waals surface area contributed by atoms with E-state index in [1.165, 1.54) is 6.07 Å². The largest absolute Gasteiger partial charge is 0.370 e. The zero-order valence-corrected chi connectivity index (χ0v) is 12.4. The van der Waals surface area contributed by atoms with Crippen LogP contribution < -0.4 is 4.90 Å². The first kappa shape index (κ1) is 15.2. The van der Waals surface area contributed by atoms with Crippen molar-refractivity contribution in [2.24, 2.45) is 0 Å².